The van der Waals surface area contributed by atoms with Crippen molar-refractivity contribution in [3.8, 4) is 16.9 Å². The molecule has 9 nitrogen and oxygen atoms in total. The molecule has 1 N–H and O–H groups in total. The minimum absolute atomic E-state index is 0.0225. The van der Waals surface area contributed by atoms with E-state index in [0.29, 0.717) is 67.5 Å². The van der Waals surface area contributed by atoms with Crippen LogP contribution in [0.15, 0.2) is 66.5 Å². The van der Waals surface area contributed by atoms with Crippen molar-refractivity contribution in [3.05, 3.63) is 83.6 Å². The zero-order valence-corrected chi connectivity index (χ0v) is 24.8. The number of carbonyl (C=O) groups is 2. The first-order valence-electron chi connectivity index (χ1n) is 15.3. The highest BCUT2D eigenvalue weighted by atomic mass is 19.1. The maximum absolute atomic E-state index is 16.5. The van der Waals surface area contributed by atoms with Gasteiger partial charge in [0.2, 0.25) is 5.91 Å². The molecule has 0 radical (unpaired) electrons. The van der Waals surface area contributed by atoms with Crippen LogP contribution in [0.5, 0.6) is 5.75 Å². The van der Waals surface area contributed by atoms with Crippen molar-refractivity contribution in [2.24, 2.45) is 5.92 Å². The van der Waals surface area contributed by atoms with Gasteiger partial charge in [-0.15, -0.1) is 5.10 Å². The Morgan fingerprint density at radius 3 is 2.68 bits per heavy atom. The predicted octanol–water partition coefficient (Wildman–Crippen LogP) is 5.46. The molecule has 3 aliphatic rings. The highest BCUT2D eigenvalue weighted by Crippen LogP contribution is 2.41. The summed E-state index contributed by atoms with van der Waals surface area (Å²) in [5, 5.41) is 8.34. The van der Waals surface area contributed by atoms with E-state index >= 15 is 4.39 Å². The van der Waals surface area contributed by atoms with Crippen molar-refractivity contribution in [3.63, 3.8) is 0 Å². The monoisotopic (exact) mass is 594 g/mol. The Kier molecular flexibility index (Phi) is 7.49. The number of hydrogen-bond acceptors (Lipinski definition) is 5. The van der Waals surface area contributed by atoms with Crippen LogP contribution in [0.2, 0.25) is 0 Å². The Morgan fingerprint density at radius 2 is 1.93 bits per heavy atom. The molecular formula is C34H35FN6O3. The summed E-state index contributed by atoms with van der Waals surface area (Å²) in [6.45, 7) is 2.52. The number of H-pyrrole nitrogens is 1. The third-order valence-corrected chi connectivity index (χ3v) is 8.99. The lowest BCUT2D eigenvalue weighted by Gasteiger charge is -2.28. The summed E-state index contributed by atoms with van der Waals surface area (Å²) in [4.78, 5) is 33.5. The Hall–Kier alpha value is -4.73. The number of halogens is 1. The number of methoxy groups -OCH3 is 1. The topological polar surface area (TPSA) is 96.3 Å². The zero-order chi connectivity index (χ0) is 30.2. The summed E-state index contributed by atoms with van der Waals surface area (Å²) in [5.74, 6) is 0.753. The van der Waals surface area contributed by atoms with Gasteiger partial charge in [0.05, 0.1) is 25.4 Å². The molecule has 0 saturated heterocycles. The van der Waals surface area contributed by atoms with Crippen molar-refractivity contribution >= 4 is 28.3 Å². The molecule has 0 bridgehead atoms. The number of nitrogens with zero attached hydrogens (tertiary/aromatic N) is 5. The Bertz CT molecular complexity index is 1790. The summed E-state index contributed by atoms with van der Waals surface area (Å²) in [6, 6.07) is 11.2. The molecule has 1 saturated carbocycles. The number of benzene rings is 2. The molecular weight excluding hydrogens is 559 g/mol. The van der Waals surface area contributed by atoms with Crippen LogP contribution in [0, 0.1) is 11.7 Å². The summed E-state index contributed by atoms with van der Waals surface area (Å²) in [6.07, 6.45) is 11.8. The van der Waals surface area contributed by atoms with Crippen LogP contribution in [0.25, 0.3) is 27.6 Å². The fraction of sp³-hybridized carbons (Fsp3) is 0.353. The molecule has 2 amide bonds. The van der Waals surface area contributed by atoms with Gasteiger partial charge in [-0.1, -0.05) is 41.1 Å². The van der Waals surface area contributed by atoms with Gasteiger partial charge in [0.1, 0.15) is 11.4 Å². The number of fused-ring (bicyclic) bond motifs is 1. The molecule has 0 spiro atoms. The number of aromatic nitrogens is 4. The maximum atomic E-state index is 16.5. The number of hydrogen-bond donors (Lipinski definition) is 1. The van der Waals surface area contributed by atoms with Gasteiger partial charge in [0, 0.05) is 55.3 Å². The summed E-state index contributed by atoms with van der Waals surface area (Å²) >= 11 is 0. The van der Waals surface area contributed by atoms with E-state index in [-0.39, 0.29) is 23.8 Å². The highest BCUT2D eigenvalue weighted by molar-refractivity contribution is 6.05. The fourth-order valence-electron chi connectivity index (χ4n) is 6.44. The van der Waals surface area contributed by atoms with E-state index in [1.165, 1.54) is 18.4 Å². The summed E-state index contributed by atoms with van der Waals surface area (Å²) in [7, 11) is 1.61. The number of nitrogens with one attached hydrogen (secondary N) is 1. The molecule has 1 fully saturated rings. The summed E-state index contributed by atoms with van der Waals surface area (Å²) < 4.78 is 23.8. The number of aromatic amines is 1. The second-order valence-electron chi connectivity index (χ2n) is 11.8. The van der Waals surface area contributed by atoms with Gasteiger partial charge in [0.15, 0.2) is 5.82 Å². The van der Waals surface area contributed by atoms with Crippen molar-refractivity contribution in [2.75, 3.05) is 33.3 Å². The predicted molar refractivity (Wildman–Crippen MR) is 165 cm³/mol. The summed E-state index contributed by atoms with van der Waals surface area (Å²) in [5.41, 5.74) is 4.79. The largest absolute Gasteiger partial charge is 0.496 e. The number of para-hydroxylation sites is 1. The zero-order valence-electron chi connectivity index (χ0n) is 24.8. The molecule has 10 heteroatoms. The minimum atomic E-state index is -0.435. The second kappa shape index (κ2) is 11.7. The normalized spacial score (nSPS) is 17.0. The highest BCUT2D eigenvalue weighted by Gasteiger charge is 2.30. The van der Waals surface area contributed by atoms with Gasteiger partial charge < -0.3 is 19.5 Å². The number of amides is 2. The van der Waals surface area contributed by atoms with Crippen LogP contribution in [-0.4, -0.2) is 74.9 Å². The van der Waals surface area contributed by atoms with Crippen LogP contribution in [-0.2, 0) is 11.3 Å². The first-order valence-corrected chi connectivity index (χ1v) is 15.3. The Morgan fingerprint density at radius 1 is 1.07 bits per heavy atom. The van der Waals surface area contributed by atoms with Crippen LogP contribution in [0.3, 0.4) is 0 Å². The van der Waals surface area contributed by atoms with Crippen LogP contribution in [0.4, 0.5) is 4.39 Å². The van der Waals surface area contributed by atoms with E-state index in [1.807, 2.05) is 41.3 Å². The average Bonchev–Trinajstić information content (AvgIpc) is 3.59. The van der Waals surface area contributed by atoms with Crippen LogP contribution < -0.4 is 4.74 Å². The quantitative estimate of drug-likeness (QED) is 0.273. The van der Waals surface area contributed by atoms with Gasteiger partial charge >= 0.3 is 0 Å². The maximum Gasteiger partial charge on any atom is 0.270 e. The first-order chi connectivity index (χ1) is 21.5. The van der Waals surface area contributed by atoms with E-state index < -0.39 is 5.82 Å². The van der Waals surface area contributed by atoms with Crippen molar-refractivity contribution in [1.82, 2.24) is 29.8 Å². The van der Waals surface area contributed by atoms with E-state index in [2.05, 4.69) is 21.4 Å². The minimum Gasteiger partial charge on any atom is -0.496 e. The van der Waals surface area contributed by atoms with Crippen molar-refractivity contribution in [2.45, 2.75) is 38.6 Å². The molecule has 4 heterocycles. The number of carbonyl (C=O) groups excluding carboxylic acids is 2. The first kappa shape index (κ1) is 28.1. The van der Waals surface area contributed by atoms with E-state index in [4.69, 9.17) is 4.74 Å². The second-order valence-corrected chi connectivity index (χ2v) is 11.8. The molecule has 0 atom stereocenters. The molecule has 0 unspecified atom stereocenters. The van der Waals surface area contributed by atoms with Gasteiger partial charge in [-0.05, 0) is 60.9 Å². The van der Waals surface area contributed by atoms with E-state index in [1.54, 1.807) is 35.2 Å². The lowest BCUT2D eigenvalue weighted by molar-refractivity contribution is -0.131. The molecule has 4 aromatic rings. The molecule has 2 aromatic heterocycles. The lowest BCUT2D eigenvalue weighted by Crippen LogP contribution is -2.36. The Labute approximate surface area is 255 Å². The van der Waals surface area contributed by atoms with Crippen LogP contribution >= 0.6 is 0 Å². The van der Waals surface area contributed by atoms with Gasteiger partial charge in [-0.25, -0.2) is 4.39 Å². The van der Waals surface area contributed by atoms with Gasteiger partial charge in [0.25, 0.3) is 5.91 Å². The molecule has 2 aromatic carbocycles. The van der Waals surface area contributed by atoms with Crippen LogP contribution in [0.1, 0.15) is 48.2 Å². The number of ether oxygens (including phenoxy) is 1. The molecule has 1 aliphatic carbocycles. The fourth-order valence-corrected chi connectivity index (χ4v) is 6.44. The van der Waals surface area contributed by atoms with Crippen molar-refractivity contribution in [1.29, 1.82) is 0 Å². The standard InChI is InChI=1S/C34H35FN6O3/c1-44-30-7-3-2-6-25(30)27-19-26(24-5-4-14-40(21-24)31(42)12-17-41-18-13-36-38-41)32(35)33-28(27)20-29(37-33)34(43)39-15-10-23(11-16-39)22-8-9-22/h2-3,5-7,10,13,18-20,22,37H,4,8-9,11-12,14-17,21H2,1H3. The third kappa shape index (κ3) is 5.40. The smallest absolute Gasteiger partial charge is 0.270 e. The van der Waals surface area contributed by atoms with Crippen molar-refractivity contribution < 1.29 is 18.7 Å². The lowest BCUT2D eigenvalue weighted by atomic mass is 9.93. The SMILES string of the molecule is COc1ccccc1-c1cc(C2=CCCN(C(=O)CCn3ccnn3)C2)c(F)c2[nH]c(C(=O)N3CC=C(C4CC4)CC3)cc12. The van der Waals surface area contributed by atoms with Gasteiger partial charge in [-0.3, -0.25) is 14.3 Å². The molecule has 7 rings (SSSR count). The Balaban J connectivity index is 1.23. The molecule has 2 aliphatic heterocycles. The molecule has 44 heavy (non-hydrogen) atoms. The van der Waals surface area contributed by atoms with Gasteiger partial charge in [-0.2, -0.15) is 0 Å². The number of rotatable bonds is 8. The van der Waals surface area contributed by atoms with E-state index in [0.717, 1.165) is 23.1 Å². The average molecular weight is 595 g/mol. The molecule has 226 valence electrons. The van der Waals surface area contributed by atoms with E-state index in [9.17, 15) is 9.59 Å². The number of aryl methyl sites for hydroxylation is 1. The third-order valence-electron chi connectivity index (χ3n) is 8.99.